The van der Waals surface area contributed by atoms with Crippen molar-refractivity contribution in [2.24, 2.45) is 0 Å². The first-order chi connectivity index (χ1) is 12.9. The minimum absolute atomic E-state index is 0.144. The zero-order valence-electron chi connectivity index (χ0n) is 16.3. The maximum Gasteiger partial charge on any atom is 0.135 e. The van der Waals surface area contributed by atoms with Crippen molar-refractivity contribution in [3.05, 3.63) is 72.1 Å². The topological polar surface area (TPSA) is 59.1 Å². The number of nitrogens with one attached hydrogen (secondary N) is 2. The van der Waals surface area contributed by atoms with Gasteiger partial charge in [0.2, 0.25) is 0 Å². The first kappa shape index (κ1) is 18.7. The number of benzene rings is 2. The van der Waals surface area contributed by atoms with E-state index in [1.54, 1.807) is 13.4 Å². The molecule has 0 radical (unpaired) electrons. The number of hydrogen-bond acceptors (Lipinski definition) is 5. The lowest BCUT2D eigenvalue weighted by Crippen LogP contribution is -2.10. The summed E-state index contributed by atoms with van der Waals surface area (Å²) >= 11 is 0. The second-order valence-corrected chi connectivity index (χ2v) is 7.45. The van der Waals surface area contributed by atoms with E-state index < -0.39 is 0 Å². The first-order valence-corrected chi connectivity index (χ1v) is 9.00. The van der Waals surface area contributed by atoms with Crippen LogP contribution in [0.15, 0.2) is 60.9 Å². The van der Waals surface area contributed by atoms with Gasteiger partial charge in [-0.25, -0.2) is 9.97 Å². The Morgan fingerprint density at radius 3 is 2.37 bits per heavy atom. The zero-order chi connectivity index (χ0) is 19.3. The SMILES string of the molecule is COc1cccc(CNc2cc(Nc3ccc(C(C)(C)C)cc3)ncn2)c1. The minimum Gasteiger partial charge on any atom is -0.497 e. The van der Waals surface area contributed by atoms with E-state index in [1.807, 2.05) is 30.3 Å². The average Bonchev–Trinajstić information content (AvgIpc) is 2.66. The summed E-state index contributed by atoms with van der Waals surface area (Å²) in [5.74, 6) is 2.36. The molecule has 0 aliphatic heterocycles. The zero-order valence-corrected chi connectivity index (χ0v) is 16.3. The summed E-state index contributed by atoms with van der Waals surface area (Å²) in [6.45, 7) is 7.29. The third-order valence-electron chi connectivity index (χ3n) is 4.30. The highest BCUT2D eigenvalue weighted by Crippen LogP contribution is 2.25. The molecule has 2 N–H and O–H groups in total. The highest BCUT2D eigenvalue weighted by Gasteiger charge is 2.12. The molecule has 0 aliphatic carbocycles. The van der Waals surface area contributed by atoms with E-state index in [9.17, 15) is 0 Å². The molecule has 3 aromatic rings. The predicted octanol–water partition coefficient (Wildman–Crippen LogP) is 5.14. The van der Waals surface area contributed by atoms with Crippen molar-refractivity contribution in [3.63, 3.8) is 0 Å². The number of ether oxygens (including phenoxy) is 1. The molecule has 0 bridgehead atoms. The van der Waals surface area contributed by atoms with Gasteiger partial charge in [-0.2, -0.15) is 0 Å². The number of rotatable bonds is 6. The summed E-state index contributed by atoms with van der Waals surface area (Å²) in [6, 6.07) is 18.3. The van der Waals surface area contributed by atoms with Crippen LogP contribution in [0.1, 0.15) is 31.9 Å². The van der Waals surface area contributed by atoms with Gasteiger partial charge in [0.1, 0.15) is 23.7 Å². The molecule has 140 valence electrons. The molecule has 0 spiro atoms. The highest BCUT2D eigenvalue weighted by molar-refractivity contribution is 5.59. The van der Waals surface area contributed by atoms with Crippen molar-refractivity contribution in [1.82, 2.24) is 9.97 Å². The lowest BCUT2D eigenvalue weighted by Gasteiger charge is -2.19. The smallest absolute Gasteiger partial charge is 0.135 e. The van der Waals surface area contributed by atoms with Gasteiger partial charge >= 0.3 is 0 Å². The molecule has 0 amide bonds. The van der Waals surface area contributed by atoms with Gasteiger partial charge in [0.15, 0.2) is 0 Å². The van der Waals surface area contributed by atoms with E-state index in [4.69, 9.17) is 4.74 Å². The van der Waals surface area contributed by atoms with E-state index in [1.165, 1.54) is 5.56 Å². The van der Waals surface area contributed by atoms with Gasteiger partial charge in [0.05, 0.1) is 7.11 Å². The van der Waals surface area contributed by atoms with Crippen molar-refractivity contribution in [3.8, 4) is 5.75 Å². The van der Waals surface area contributed by atoms with Crippen molar-refractivity contribution < 1.29 is 4.74 Å². The van der Waals surface area contributed by atoms with Crippen molar-refractivity contribution in [2.45, 2.75) is 32.7 Å². The monoisotopic (exact) mass is 362 g/mol. The van der Waals surface area contributed by atoms with Crippen LogP contribution in [-0.4, -0.2) is 17.1 Å². The molecule has 1 heterocycles. The summed E-state index contributed by atoms with van der Waals surface area (Å²) < 4.78 is 5.26. The van der Waals surface area contributed by atoms with Crippen LogP contribution in [0.3, 0.4) is 0 Å². The molecule has 1 aromatic heterocycles. The largest absolute Gasteiger partial charge is 0.497 e. The summed E-state index contributed by atoms with van der Waals surface area (Å²) in [7, 11) is 1.67. The van der Waals surface area contributed by atoms with Crippen LogP contribution < -0.4 is 15.4 Å². The predicted molar refractivity (Wildman–Crippen MR) is 111 cm³/mol. The molecular weight excluding hydrogens is 336 g/mol. The molecule has 27 heavy (non-hydrogen) atoms. The highest BCUT2D eigenvalue weighted by atomic mass is 16.5. The number of nitrogens with zero attached hydrogens (tertiary/aromatic N) is 2. The Bertz CT molecular complexity index is 885. The van der Waals surface area contributed by atoms with Gasteiger partial charge in [0, 0.05) is 18.3 Å². The molecule has 0 aliphatic rings. The van der Waals surface area contributed by atoms with Gasteiger partial charge in [0.25, 0.3) is 0 Å². The third-order valence-corrected chi connectivity index (χ3v) is 4.30. The maximum absolute atomic E-state index is 5.26. The molecule has 2 aromatic carbocycles. The van der Waals surface area contributed by atoms with E-state index in [0.29, 0.717) is 6.54 Å². The number of aromatic nitrogens is 2. The Morgan fingerprint density at radius 2 is 1.67 bits per heavy atom. The molecule has 3 rings (SSSR count). The average molecular weight is 362 g/mol. The van der Waals surface area contributed by atoms with Gasteiger partial charge in [-0.1, -0.05) is 45.0 Å². The Hall–Kier alpha value is -3.08. The number of anilines is 3. The van der Waals surface area contributed by atoms with Crippen molar-refractivity contribution >= 4 is 17.3 Å². The summed E-state index contributed by atoms with van der Waals surface area (Å²) in [5.41, 5.74) is 3.57. The van der Waals surface area contributed by atoms with Gasteiger partial charge in [-0.05, 0) is 40.8 Å². The Morgan fingerprint density at radius 1 is 0.926 bits per heavy atom. The van der Waals surface area contributed by atoms with Crippen molar-refractivity contribution in [2.75, 3.05) is 17.7 Å². The fraction of sp³-hybridized carbons (Fsp3) is 0.273. The molecule has 0 unspecified atom stereocenters. The quantitative estimate of drug-likeness (QED) is 0.636. The van der Waals surface area contributed by atoms with E-state index in [-0.39, 0.29) is 5.41 Å². The maximum atomic E-state index is 5.26. The lowest BCUT2D eigenvalue weighted by atomic mass is 9.87. The second kappa shape index (κ2) is 8.08. The summed E-state index contributed by atoms with van der Waals surface area (Å²) in [5, 5.41) is 6.65. The van der Waals surface area contributed by atoms with Gasteiger partial charge in [-0.3, -0.25) is 0 Å². The third kappa shape index (κ3) is 5.20. The molecule has 5 heteroatoms. The molecule has 0 saturated carbocycles. The van der Waals surface area contributed by atoms with Crippen LogP contribution in [0, 0.1) is 0 Å². The fourth-order valence-electron chi connectivity index (χ4n) is 2.70. The normalized spacial score (nSPS) is 11.1. The van der Waals surface area contributed by atoms with Crippen LogP contribution in [0.5, 0.6) is 5.75 Å². The summed E-state index contributed by atoms with van der Waals surface area (Å²) in [4.78, 5) is 8.60. The number of hydrogen-bond donors (Lipinski definition) is 2. The molecular formula is C22H26N4O. The van der Waals surface area contributed by atoms with Crippen molar-refractivity contribution in [1.29, 1.82) is 0 Å². The molecule has 0 atom stereocenters. The first-order valence-electron chi connectivity index (χ1n) is 9.00. The molecule has 0 fully saturated rings. The minimum atomic E-state index is 0.144. The molecule has 0 saturated heterocycles. The Labute approximate surface area is 160 Å². The van der Waals surface area contributed by atoms with E-state index in [0.717, 1.165) is 28.6 Å². The van der Waals surface area contributed by atoms with Crippen LogP contribution in [-0.2, 0) is 12.0 Å². The Kier molecular flexibility index (Phi) is 5.60. The van der Waals surface area contributed by atoms with Gasteiger partial charge in [-0.15, -0.1) is 0 Å². The number of methoxy groups -OCH3 is 1. The van der Waals surface area contributed by atoms with Crippen LogP contribution >= 0.6 is 0 Å². The van der Waals surface area contributed by atoms with Crippen LogP contribution in [0.25, 0.3) is 0 Å². The van der Waals surface area contributed by atoms with Crippen LogP contribution in [0.4, 0.5) is 17.3 Å². The van der Waals surface area contributed by atoms with E-state index in [2.05, 4.69) is 65.6 Å². The summed E-state index contributed by atoms with van der Waals surface area (Å²) in [6.07, 6.45) is 1.56. The molecule has 5 nitrogen and oxygen atoms in total. The fourth-order valence-corrected chi connectivity index (χ4v) is 2.70. The second-order valence-electron chi connectivity index (χ2n) is 7.45. The lowest BCUT2D eigenvalue weighted by molar-refractivity contribution is 0.414. The van der Waals surface area contributed by atoms with E-state index >= 15 is 0 Å². The van der Waals surface area contributed by atoms with Gasteiger partial charge < -0.3 is 15.4 Å². The Balaban J connectivity index is 1.64. The van der Waals surface area contributed by atoms with Crippen LogP contribution in [0.2, 0.25) is 0 Å². The standard InChI is InChI=1S/C22H26N4O/c1-22(2,3)17-8-10-18(11-9-17)26-21-13-20(24-15-25-21)23-14-16-6-5-7-19(12-16)27-4/h5-13,15H,14H2,1-4H3,(H2,23,24,25,26).